The van der Waals surface area contributed by atoms with Gasteiger partial charge in [0.05, 0.1) is 21.8 Å². The van der Waals surface area contributed by atoms with Crippen molar-refractivity contribution in [2.24, 2.45) is 0 Å². The summed E-state index contributed by atoms with van der Waals surface area (Å²) in [7, 11) is 1.89. The fourth-order valence-corrected chi connectivity index (χ4v) is 4.91. The maximum Gasteiger partial charge on any atom is 0.232 e. The van der Waals surface area contributed by atoms with E-state index in [-0.39, 0.29) is 5.91 Å². The average molecular weight is 507 g/mol. The second-order valence-corrected chi connectivity index (χ2v) is 9.40. The molecule has 0 spiro atoms. The molecular formula is C26H27BrN4O2. The highest BCUT2D eigenvalue weighted by Gasteiger charge is 2.41. The van der Waals surface area contributed by atoms with Gasteiger partial charge in [0.15, 0.2) is 0 Å². The smallest absolute Gasteiger partial charge is 0.232 e. The van der Waals surface area contributed by atoms with Crippen molar-refractivity contribution in [2.45, 2.75) is 44.6 Å². The minimum absolute atomic E-state index is 0.163. The highest BCUT2D eigenvalue weighted by Crippen LogP contribution is 2.41. The summed E-state index contributed by atoms with van der Waals surface area (Å²) in [5, 5.41) is 9.64. The fraction of sp³-hybridized carbons (Fsp3) is 0.346. The number of imidazole rings is 1. The minimum atomic E-state index is -0.564. The number of amides is 1. The Labute approximate surface area is 202 Å². The molecular weight excluding hydrogens is 480 g/mol. The van der Waals surface area contributed by atoms with Crippen LogP contribution in [0.1, 0.15) is 49.3 Å². The number of halogens is 1. The summed E-state index contributed by atoms with van der Waals surface area (Å²) in [5.74, 6) is 1.25. The highest BCUT2D eigenvalue weighted by atomic mass is 79.9. The third kappa shape index (κ3) is 4.67. The van der Waals surface area contributed by atoms with Crippen molar-refractivity contribution in [3.8, 4) is 17.6 Å². The van der Waals surface area contributed by atoms with E-state index in [0.29, 0.717) is 23.6 Å². The predicted octanol–water partition coefficient (Wildman–Crippen LogP) is 5.65. The van der Waals surface area contributed by atoms with Crippen molar-refractivity contribution in [3.05, 3.63) is 76.3 Å². The molecule has 0 aliphatic carbocycles. The van der Waals surface area contributed by atoms with Gasteiger partial charge in [0.25, 0.3) is 0 Å². The lowest BCUT2D eigenvalue weighted by Gasteiger charge is -2.33. The van der Waals surface area contributed by atoms with E-state index in [9.17, 15) is 10.1 Å². The third-order valence-electron chi connectivity index (χ3n) is 6.50. The molecule has 0 radical (unpaired) electrons. The monoisotopic (exact) mass is 506 g/mol. The van der Waals surface area contributed by atoms with Crippen molar-refractivity contribution in [1.82, 2.24) is 14.5 Å². The summed E-state index contributed by atoms with van der Waals surface area (Å²) < 4.78 is 9.02. The van der Waals surface area contributed by atoms with Crippen LogP contribution in [0, 0.1) is 11.3 Å². The fourth-order valence-electron chi connectivity index (χ4n) is 4.58. The molecule has 2 aromatic carbocycles. The van der Waals surface area contributed by atoms with Crippen LogP contribution in [0.25, 0.3) is 0 Å². The molecule has 33 heavy (non-hydrogen) atoms. The lowest BCUT2D eigenvalue weighted by molar-refractivity contribution is -0.135. The molecule has 170 valence electrons. The van der Waals surface area contributed by atoms with E-state index in [1.54, 1.807) is 18.6 Å². The third-order valence-corrected chi connectivity index (χ3v) is 7.16. The van der Waals surface area contributed by atoms with Gasteiger partial charge in [-0.15, -0.1) is 0 Å². The van der Waals surface area contributed by atoms with Gasteiger partial charge in [0.2, 0.25) is 5.91 Å². The molecule has 2 heterocycles. The SMILES string of the molecule is CC[C@@]1(c2ccc(Br)c(Oc3cc(Cn4ccnc4)ccc3C#N)c2)CCCCN(C)C1=O. The predicted molar refractivity (Wildman–Crippen MR) is 130 cm³/mol. The van der Waals surface area contributed by atoms with Crippen molar-refractivity contribution < 1.29 is 9.53 Å². The van der Waals surface area contributed by atoms with Crippen LogP contribution in [0.5, 0.6) is 11.5 Å². The Morgan fingerprint density at radius 3 is 2.79 bits per heavy atom. The van der Waals surface area contributed by atoms with Crippen LogP contribution in [0.3, 0.4) is 0 Å². The van der Waals surface area contributed by atoms with Crippen LogP contribution < -0.4 is 4.74 Å². The lowest BCUT2D eigenvalue weighted by Crippen LogP contribution is -2.43. The number of rotatable bonds is 6. The topological polar surface area (TPSA) is 71.2 Å². The van der Waals surface area contributed by atoms with Gasteiger partial charge in [-0.05, 0) is 70.6 Å². The molecule has 1 aromatic heterocycles. The Bertz CT molecular complexity index is 1190. The first-order valence-electron chi connectivity index (χ1n) is 11.2. The number of nitriles is 1. The van der Waals surface area contributed by atoms with Crippen LogP contribution in [0.4, 0.5) is 0 Å². The largest absolute Gasteiger partial charge is 0.455 e. The first-order valence-corrected chi connectivity index (χ1v) is 12.0. The molecule has 0 bridgehead atoms. The van der Waals surface area contributed by atoms with E-state index in [0.717, 1.165) is 47.8 Å². The normalized spacial score (nSPS) is 18.6. The summed E-state index contributed by atoms with van der Waals surface area (Å²) in [6, 6.07) is 13.7. The van der Waals surface area contributed by atoms with E-state index in [1.807, 2.05) is 53.0 Å². The summed E-state index contributed by atoms with van der Waals surface area (Å²) in [6.45, 7) is 3.49. The summed E-state index contributed by atoms with van der Waals surface area (Å²) in [6.07, 6.45) is 8.94. The van der Waals surface area contributed by atoms with Gasteiger partial charge in [-0.3, -0.25) is 4.79 Å². The molecule has 1 atom stereocenters. The average Bonchev–Trinajstić information content (AvgIpc) is 3.28. The molecule has 6 nitrogen and oxygen atoms in total. The van der Waals surface area contributed by atoms with Crippen LogP contribution in [-0.2, 0) is 16.8 Å². The van der Waals surface area contributed by atoms with Gasteiger partial charge < -0.3 is 14.2 Å². The van der Waals surface area contributed by atoms with E-state index in [2.05, 4.69) is 33.9 Å². The maximum atomic E-state index is 13.4. The van der Waals surface area contributed by atoms with Gasteiger partial charge in [0, 0.05) is 32.5 Å². The Balaban J connectivity index is 1.70. The standard InChI is InChI=1S/C26H27BrN4O2/c1-3-26(10-4-5-12-30(2)25(26)32)21-8-9-22(27)24(15-21)33-23-14-19(6-7-20(23)16-28)17-31-13-11-29-18-31/h6-9,11,13-15,18H,3-5,10,12,17H2,1-2H3/t26-/m0/s1. The molecule has 0 N–H and O–H groups in total. The zero-order chi connectivity index (χ0) is 23.4. The Kier molecular flexibility index (Phi) is 6.85. The number of aromatic nitrogens is 2. The van der Waals surface area contributed by atoms with Crippen LogP contribution in [-0.4, -0.2) is 34.0 Å². The molecule has 0 unspecified atom stereocenters. The molecule has 0 saturated carbocycles. The molecule has 1 amide bonds. The minimum Gasteiger partial charge on any atom is -0.455 e. The van der Waals surface area contributed by atoms with E-state index in [4.69, 9.17) is 4.74 Å². The first kappa shape index (κ1) is 23.1. The van der Waals surface area contributed by atoms with Crippen molar-refractivity contribution in [3.63, 3.8) is 0 Å². The van der Waals surface area contributed by atoms with Crippen LogP contribution in [0.2, 0.25) is 0 Å². The molecule has 7 heteroatoms. The van der Waals surface area contributed by atoms with Crippen LogP contribution in [0.15, 0.2) is 59.6 Å². The number of hydrogen-bond acceptors (Lipinski definition) is 4. The maximum absolute atomic E-state index is 13.4. The zero-order valence-corrected chi connectivity index (χ0v) is 20.5. The summed E-state index contributed by atoms with van der Waals surface area (Å²) >= 11 is 3.59. The quantitative estimate of drug-likeness (QED) is 0.433. The first-order chi connectivity index (χ1) is 16.0. The highest BCUT2D eigenvalue weighted by molar-refractivity contribution is 9.10. The van der Waals surface area contributed by atoms with Gasteiger partial charge in [0.1, 0.15) is 17.6 Å². The number of hydrogen-bond donors (Lipinski definition) is 0. The number of benzene rings is 2. The Hall–Kier alpha value is -3.11. The van der Waals surface area contributed by atoms with E-state index < -0.39 is 5.41 Å². The molecule has 3 aromatic rings. The second-order valence-electron chi connectivity index (χ2n) is 8.54. The van der Waals surface area contributed by atoms with Crippen LogP contribution >= 0.6 is 15.9 Å². The van der Waals surface area contributed by atoms with Crippen molar-refractivity contribution in [1.29, 1.82) is 5.26 Å². The summed E-state index contributed by atoms with van der Waals surface area (Å²) in [4.78, 5) is 19.3. The molecule has 1 saturated heterocycles. The number of carbonyl (C=O) groups excluding carboxylic acids is 1. The van der Waals surface area contributed by atoms with Gasteiger partial charge in [-0.2, -0.15) is 5.26 Å². The zero-order valence-electron chi connectivity index (χ0n) is 18.9. The van der Waals surface area contributed by atoms with Gasteiger partial charge in [-0.25, -0.2) is 4.98 Å². The number of carbonyl (C=O) groups is 1. The molecule has 1 aliphatic heterocycles. The Morgan fingerprint density at radius 2 is 2.06 bits per heavy atom. The second kappa shape index (κ2) is 9.80. The van der Waals surface area contributed by atoms with Crippen molar-refractivity contribution in [2.75, 3.05) is 13.6 Å². The van der Waals surface area contributed by atoms with E-state index >= 15 is 0 Å². The number of ether oxygens (including phenoxy) is 1. The Morgan fingerprint density at radius 1 is 1.21 bits per heavy atom. The number of likely N-dealkylation sites (N-methyl/N-ethyl adjacent to an activating group) is 1. The molecule has 1 aliphatic rings. The molecule has 4 rings (SSSR count). The van der Waals surface area contributed by atoms with Gasteiger partial charge in [-0.1, -0.05) is 25.5 Å². The summed E-state index contributed by atoms with van der Waals surface area (Å²) in [5.41, 5.74) is 1.85. The molecule has 1 fully saturated rings. The van der Waals surface area contributed by atoms with Crippen molar-refractivity contribution >= 4 is 21.8 Å². The number of nitrogens with zero attached hydrogens (tertiary/aromatic N) is 4. The van der Waals surface area contributed by atoms with E-state index in [1.165, 1.54) is 0 Å². The van der Waals surface area contributed by atoms with Gasteiger partial charge >= 0.3 is 0 Å². The number of likely N-dealkylation sites (tertiary alicyclic amines) is 1. The lowest BCUT2D eigenvalue weighted by atomic mass is 9.73.